The molecule has 0 bridgehead atoms. The van der Waals surface area contributed by atoms with Gasteiger partial charge in [-0.15, -0.1) is 0 Å². The molecule has 0 aliphatic heterocycles. The van der Waals surface area contributed by atoms with Gasteiger partial charge in [0.05, 0.1) is 20.7 Å². The highest BCUT2D eigenvalue weighted by atomic mass is 35.5. The molecule has 2 rings (SSSR count). The number of halogens is 2. The molecule has 20 heavy (non-hydrogen) atoms. The van der Waals surface area contributed by atoms with Crippen molar-refractivity contribution in [2.24, 2.45) is 5.73 Å². The summed E-state index contributed by atoms with van der Waals surface area (Å²) in [7, 11) is 1.92. The van der Waals surface area contributed by atoms with Crippen LogP contribution in [0.25, 0.3) is 0 Å². The van der Waals surface area contributed by atoms with E-state index in [-0.39, 0.29) is 11.7 Å². The molecule has 1 aromatic carbocycles. The molecule has 0 spiro atoms. The van der Waals surface area contributed by atoms with Crippen molar-refractivity contribution in [1.82, 2.24) is 0 Å². The van der Waals surface area contributed by atoms with Gasteiger partial charge < -0.3 is 10.6 Å². The Balaban J connectivity index is 2.26. The molecule has 0 saturated heterocycles. The summed E-state index contributed by atoms with van der Waals surface area (Å²) in [5.74, 6) is 0. The molecule has 1 fully saturated rings. The lowest BCUT2D eigenvalue weighted by molar-refractivity contribution is -0.384. The van der Waals surface area contributed by atoms with E-state index >= 15 is 0 Å². The summed E-state index contributed by atoms with van der Waals surface area (Å²) >= 11 is 12.3. The highest BCUT2D eigenvalue weighted by Crippen LogP contribution is 2.39. The first-order valence-electron chi connectivity index (χ1n) is 6.52. The van der Waals surface area contributed by atoms with Gasteiger partial charge in [-0.05, 0) is 25.7 Å². The smallest absolute Gasteiger partial charge is 0.272 e. The Hall–Kier alpha value is -1.04. The second-order valence-electron chi connectivity index (χ2n) is 5.19. The predicted octanol–water partition coefficient (Wildman–Crippen LogP) is 3.61. The first-order valence-corrected chi connectivity index (χ1v) is 7.27. The Labute approximate surface area is 127 Å². The van der Waals surface area contributed by atoms with E-state index in [0.29, 0.717) is 21.8 Å². The zero-order valence-corrected chi connectivity index (χ0v) is 12.7. The second-order valence-corrected chi connectivity index (χ2v) is 6.01. The predicted molar refractivity (Wildman–Crippen MR) is 81.8 cm³/mol. The second kappa shape index (κ2) is 6.16. The molecule has 0 unspecified atom stereocenters. The third kappa shape index (κ3) is 3.16. The SMILES string of the molecule is CN(c1c(Cl)cc([N+](=O)[O-])cc1Cl)C1CCC(N)CC1. The number of nitro groups is 1. The number of nitrogens with two attached hydrogens (primary N) is 1. The minimum Gasteiger partial charge on any atom is -0.369 e. The number of hydrogen-bond acceptors (Lipinski definition) is 4. The van der Waals surface area contributed by atoms with Gasteiger partial charge in [-0.3, -0.25) is 10.1 Å². The molecule has 0 radical (unpaired) electrons. The summed E-state index contributed by atoms with van der Waals surface area (Å²) in [6.07, 6.45) is 3.89. The van der Waals surface area contributed by atoms with E-state index in [4.69, 9.17) is 28.9 Å². The number of benzene rings is 1. The fourth-order valence-corrected chi connectivity index (χ4v) is 3.41. The maximum Gasteiger partial charge on any atom is 0.272 e. The monoisotopic (exact) mass is 317 g/mol. The molecule has 110 valence electrons. The van der Waals surface area contributed by atoms with Crippen LogP contribution in [0.1, 0.15) is 25.7 Å². The molecule has 7 heteroatoms. The summed E-state index contributed by atoms with van der Waals surface area (Å²) in [6, 6.07) is 3.26. The maximum atomic E-state index is 10.8. The van der Waals surface area contributed by atoms with Crippen molar-refractivity contribution in [2.45, 2.75) is 37.8 Å². The van der Waals surface area contributed by atoms with Gasteiger partial charge in [-0.2, -0.15) is 0 Å². The van der Waals surface area contributed by atoms with Crippen LogP contribution >= 0.6 is 23.2 Å². The highest BCUT2D eigenvalue weighted by Gasteiger charge is 2.26. The van der Waals surface area contributed by atoms with Crippen LogP contribution in [0.4, 0.5) is 11.4 Å². The molecule has 0 amide bonds. The Morgan fingerprint density at radius 2 is 1.75 bits per heavy atom. The summed E-state index contributed by atoms with van der Waals surface area (Å²) in [5.41, 5.74) is 6.46. The maximum absolute atomic E-state index is 10.8. The van der Waals surface area contributed by atoms with Gasteiger partial charge in [0.25, 0.3) is 5.69 Å². The first kappa shape index (κ1) is 15.4. The Morgan fingerprint density at radius 1 is 1.25 bits per heavy atom. The number of nitrogens with zero attached hydrogens (tertiary/aromatic N) is 2. The van der Waals surface area contributed by atoms with Crippen LogP contribution in [0.3, 0.4) is 0 Å². The van der Waals surface area contributed by atoms with Crippen molar-refractivity contribution in [2.75, 3.05) is 11.9 Å². The number of rotatable bonds is 3. The third-order valence-corrected chi connectivity index (χ3v) is 4.43. The molecule has 2 N–H and O–H groups in total. The molecular weight excluding hydrogens is 301 g/mol. The van der Waals surface area contributed by atoms with E-state index < -0.39 is 4.92 Å². The largest absolute Gasteiger partial charge is 0.369 e. The normalized spacial score (nSPS) is 22.6. The molecule has 0 atom stereocenters. The van der Waals surface area contributed by atoms with Crippen LogP contribution < -0.4 is 10.6 Å². The molecule has 1 saturated carbocycles. The summed E-state index contributed by atoms with van der Waals surface area (Å²) in [6.45, 7) is 0. The zero-order valence-electron chi connectivity index (χ0n) is 11.2. The average molecular weight is 318 g/mol. The van der Waals surface area contributed by atoms with E-state index in [1.807, 2.05) is 11.9 Å². The van der Waals surface area contributed by atoms with Crippen LogP contribution in [0.5, 0.6) is 0 Å². The van der Waals surface area contributed by atoms with Gasteiger partial charge in [0, 0.05) is 31.3 Å². The van der Waals surface area contributed by atoms with Gasteiger partial charge >= 0.3 is 0 Å². The molecule has 1 aliphatic rings. The Morgan fingerprint density at radius 3 is 2.20 bits per heavy atom. The number of non-ortho nitro benzene ring substituents is 1. The first-order chi connectivity index (χ1) is 9.40. The van der Waals surface area contributed by atoms with Gasteiger partial charge in [-0.25, -0.2) is 0 Å². The number of nitro benzene ring substituents is 1. The van der Waals surface area contributed by atoms with Gasteiger partial charge in [0.2, 0.25) is 0 Å². The molecule has 5 nitrogen and oxygen atoms in total. The Bertz CT molecular complexity index is 493. The van der Waals surface area contributed by atoms with E-state index in [1.54, 1.807) is 0 Å². The van der Waals surface area contributed by atoms with Gasteiger partial charge in [0.15, 0.2) is 0 Å². The van der Waals surface area contributed by atoms with Crippen LogP contribution in [-0.4, -0.2) is 24.1 Å². The lowest BCUT2D eigenvalue weighted by Crippen LogP contribution is -2.39. The van der Waals surface area contributed by atoms with Crippen LogP contribution in [0.2, 0.25) is 10.0 Å². The third-order valence-electron chi connectivity index (χ3n) is 3.85. The number of anilines is 1. The summed E-state index contributed by atoms with van der Waals surface area (Å²) < 4.78 is 0. The van der Waals surface area contributed by atoms with Crippen molar-refractivity contribution < 1.29 is 4.92 Å². The molecule has 1 aliphatic carbocycles. The van der Waals surface area contributed by atoms with E-state index in [9.17, 15) is 10.1 Å². The van der Waals surface area contributed by atoms with Crippen LogP contribution in [-0.2, 0) is 0 Å². The van der Waals surface area contributed by atoms with Crippen molar-refractivity contribution >= 4 is 34.6 Å². The minimum absolute atomic E-state index is 0.0946. The quantitative estimate of drug-likeness (QED) is 0.682. The van der Waals surface area contributed by atoms with Gasteiger partial charge in [0.1, 0.15) is 0 Å². The number of hydrogen-bond donors (Lipinski definition) is 1. The molecule has 0 aromatic heterocycles. The fraction of sp³-hybridized carbons (Fsp3) is 0.538. The van der Waals surface area contributed by atoms with Crippen molar-refractivity contribution in [3.63, 3.8) is 0 Å². The van der Waals surface area contributed by atoms with Crippen LogP contribution in [0.15, 0.2) is 12.1 Å². The molecular formula is C13H17Cl2N3O2. The van der Waals surface area contributed by atoms with Crippen molar-refractivity contribution in [3.8, 4) is 0 Å². The summed E-state index contributed by atoms with van der Waals surface area (Å²) in [4.78, 5) is 12.3. The van der Waals surface area contributed by atoms with Gasteiger partial charge in [-0.1, -0.05) is 23.2 Å². The Kier molecular flexibility index (Phi) is 4.73. The van der Waals surface area contributed by atoms with Crippen molar-refractivity contribution in [3.05, 3.63) is 32.3 Å². The zero-order chi connectivity index (χ0) is 14.9. The fourth-order valence-electron chi connectivity index (χ4n) is 2.67. The van der Waals surface area contributed by atoms with E-state index in [1.165, 1.54) is 12.1 Å². The molecule has 0 heterocycles. The lowest BCUT2D eigenvalue weighted by Gasteiger charge is -2.35. The van der Waals surface area contributed by atoms with Crippen molar-refractivity contribution in [1.29, 1.82) is 0 Å². The highest BCUT2D eigenvalue weighted by molar-refractivity contribution is 6.39. The minimum atomic E-state index is -0.499. The average Bonchev–Trinajstić information content (AvgIpc) is 2.38. The van der Waals surface area contributed by atoms with Crippen LogP contribution in [0, 0.1) is 10.1 Å². The summed E-state index contributed by atoms with van der Waals surface area (Å²) in [5, 5.41) is 11.4. The molecule has 1 aromatic rings. The van der Waals surface area contributed by atoms with E-state index in [2.05, 4.69) is 0 Å². The lowest BCUT2D eigenvalue weighted by atomic mass is 9.91. The van der Waals surface area contributed by atoms with E-state index in [0.717, 1.165) is 25.7 Å². The topological polar surface area (TPSA) is 72.4 Å². The standard InChI is InChI=1S/C13H17Cl2N3O2/c1-17(9-4-2-8(16)3-5-9)13-11(14)6-10(18(19)20)7-12(13)15/h6-9H,2-5,16H2,1H3.